The maximum atomic E-state index is 14.1. The first kappa shape index (κ1) is 22.4. The lowest BCUT2D eigenvalue weighted by Crippen LogP contribution is -2.38. The zero-order valence-corrected chi connectivity index (χ0v) is 17.7. The van der Waals surface area contributed by atoms with Crippen LogP contribution >= 0.6 is 11.6 Å². The summed E-state index contributed by atoms with van der Waals surface area (Å²) in [7, 11) is 0. The lowest BCUT2D eigenvalue weighted by molar-refractivity contribution is -0.137. The summed E-state index contributed by atoms with van der Waals surface area (Å²) in [6.45, 7) is 0.606. The minimum absolute atomic E-state index is 0.0214. The van der Waals surface area contributed by atoms with Gasteiger partial charge in [-0.2, -0.15) is 18.3 Å². The molecule has 0 atom stereocenters. The first-order chi connectivity index (χ1) is 15.2. The average molecular weight is 469 g/mol. The van der Waals surface area contributed by atoms with E-state index in [0.29, 0.717) is 42.0 Å². The second-order valence-electron chi connectivity index (χ2n) is 8.00. The molecule has 1 saturated carbocycles. The topological polar surface area (TPSA) is 69.8 Å². The number of amides is 1. The van der Waals surface area contributed by atoms with Crippen molar-refractivity contribution >= 4 is 34.2 Å². The second kappa shape index (κ2) is 8.97. The molecule has 1 heterocycles. The van der Waals surface area contributed by atoms with Crippen LogP contribution in [0.1, 0.15) is 41.6 Å². The van der Waals surface area contributed by atoms with Crippen molar-refractivity contribution in [3.8, 4) is 0 Å². The minimum atomic E-state index is -4.55. The van der Waals surface area contributed by atoms with Gasteiger partial charge in [-0.3, -0.25) is 9.89 Å². The molecule has 1 aliphatic rings. The Morgan fingerprint density at radius 3 is 2.62 bits per heavy atom. The van der Waals surface area contributed by atoms with Gasteiger partial charge >= 0.3 is 6.18 Å². The molecule has 170 valence electrons. The number of alkyl halides is 3. The van der Waals surface area contributed by atoms with Gasteiger partial charge in [0.2, 0.25) is 0 Å². The van der Waals surface area contributed by atoms with Crippen LogP contribution in [-0.4, -0.2) is 28.7 Å². The predicted molar refractivity (Wildman–Crippen MR) is 114 cm³/mol. The molecule has 1 aliphatic carbocycles. The van der Waals surface area contributed by atoms with E-state index < -0.39 is 17.6 Å². The Morgan fingerprint density at radius 1 is 1.16 bits per heavy atom. The van der Waals surface area contributed by atoms with E-state index in [-0.39, 0.29) is 22.4 Å². The molecule has 0 radical (unpaired) electrons. The van der Waals surface area contributed by atoms with Crippen LogP contribution in [-0.2, 0) is 6.18 Å². The molecule has 0 spiro atoms. The average Bonchev–Trinajstić information content (AvgIpc) is 3.17. The molecule has 1 aromatic heterocycles. The summed E-state index contributed by atoms with van der Waals surface area (Å²) in [6.07, 6.45) is -1.57. The molecule has 1 amide bonds. The molecule has 2 aromatic carbocycles. The van der Waals surface area contributed by atoms with E-state index >= 15 is 0 Å². The normalized spacial score (nSPS) is 19.2. The number of fused-ring (bicyclic) bond motifs is 1. The number of carbonyl (C=O) groups is 1. The number of nitrogens with one attached hydrogen (secondary N) is 3. The lowest BCUT2D eigenvalue weighted by Gasteiger charge is -2.29. The van der Waals surface area contributed by atoms with E-state index in [1.807, 2.05) is 0 Å². The molecule has 3 N–H and O–H groups in total. The van der Waals surface area contributed by atoms with Crippen LogP contribution in [0, 0.1) is 11.7 Å². The third-order valence-electron chi connectivity index (χ3n) is 5.82. The van der Waals surface area contributed by atoms with E-state index in [0.717, 1.165) is 31.0 Å². The number of halogens is 5. The number of carbonyl (C=O) groups excluding carboxylic acids is 1. The molecule has 0 aliphatic heterocycles. The monoisotopic (exact) mass is 468 g/mol. The number of benzene rings is 2. The zero-order chi connectivity index (χ0) is 22.9. The number of aromatic amines is 1. The van der Waals surface area contributed by atoms with Crippen LogP contribution in [0.5, 0.6) is 0 Å². The predicted octanol–water partition coefficient (Wildman–Crippen LogP) is 5.77. The summed E-state index contributed by atoms with van der Waals surface area (Å²) < 4.78 is 52.9. The Bertz CT molecular complexity index is 1120. The van der Waals surface area contributed by atoms with Crippen molar-refractivity contribution in [1.29, 1.82) is 0 Å². The van der Waals surface area contributed by atoms with Gasteiger partial charge in [0.1, 0.15) is 5.82 Å². The molecule has 0 unspecified atom stereocenters. The molecule has 0 bridgehead atoms. The van der Waals surface area contributed by atoms with Crippen LogP contribution < -0.4 is 10.6 Å². The second-order valence-corrected chi connectivity index (χ2v) is 8.41. The maximum absolute atomic E-state index is 14.1. The zero-order valence-electron chi connectivity index (χ0n) is 16.9. The number of nitrogens with zero attached hydrogens (tertiary/aromatic N) is 1. The Morgan fingerprint density at radius 2 is 1.91 bits per heavy atom. The van der Waals surface area contributed by atoms with Crippen molar-refractivity contribution in [2.75, 3.05) is 11.9 Å². The molecule has 1 fully saturated rings. The minimum Gasteiger partial charge on any atom is -0.368 e. The largest absolute Gasteiger partial charge is 0.416 e. The molecular formula is C22H21ClF4N4O. The van der Waals surface area contributed by atoms with Crippen LogP contribution in [0.15, 0.2) is 36.4 Å². The van der Waals surface area contributed by atoms with Crippen molar-refractivity contribution < 1.29 is 22.4 Å². The quantitative estimate of drug-likeness (QED) is 0.416. The van der Waals surface area contributed by atoms with E-state index in [2.05, 4.69) is 20.8 Å². The summed E-state index contributed by atoms with van der Waals surface area (Å²) in [5, 5.41) is 13.3. The highest BCUT2D eigenvalue weighted by Gasteiger charge is 2.32. The molecule has 3 aromatic rings. The fraction of sp³-hybridized carbons (Fsp3) is 0.364. The number of rotatable bonds is 5. The van der Waals surface area contributed by atoms with Gasteiger partial charge in [0.15, 0.2) is 5.82 Å². The Hall–Kier alpha value is -2.81. The van der Waals surface area contributed by atoms with Crippen LogP contribution in [0.2, 0.25) is 5.02 Å². The third kappa shape index (κ3) is 4.82. The highest BCUT2D eigenvalue weighted by Crippen LogP contribution is 2.32. The van der Waals surface area contributed by atoms with Gasteiger partial charge in [0.05, 0.1) is 27.1 Å². The molecule has 32 heavy (non-hydrogen) atoms. The summed E-state index contributed by atoms with van der Waals surface area (Å²) >= 11 is 5.95. The molecule has 4 rings (SSSR count). The standard InChI is InChI=1S/C22H21ClF4N4O/c23-16-9-6-13(22(25,26)27)10-15(16)21(32)29-14-7-4-12(5-8-14)11-28-20-19-17(24)2-1-3-18(19)30-31-20/h1-3,6,9-10,12,14H,4-5,7-8,11H2,(H,29,32)(H2,28,30,31). The van der Waals surface area contributed by atoms with E-state index in [9.17, 15) is 22.4 Å². The summed E-state index contributed by atoms with van der Waals surface area (Å²) in [6, 6.07) is 7.32. The number of hydrogen-bond donors (Lipinski definition) is 3. The molecular weight excluding hydrogens is 448 g/mol. The molecule has 5 nitrogen and oxygen atoms in total. The highest BCUT2D eigenvalue weighted by atomic mass is 35.5. The van der Waals surface area contributed by atoms with Crippen molar-refractivity contribution in [1.82, 2.24) is 15.5 Å². The van der Waals surface area contributed by atoms with E-state index in [1.54, 1.807) is 12.1 Å². The van der Waals surface area contributed by atoms with Gasteiger partial charge in [-0.05, 0) is 61.9 Å². The van der Waals surface area contributed by atoms with E-state index in [4.69, 9.17) is 11.6 Å². The van der Waals surface area contributed by atoms with Gasteiger partial charge in [0.25, 0.3) is 5.91 Å². The first-order valence-electron chi connectivity index (χ1n) is 10.3. The van der Waals surface area contributed by atoms with Gasteiger partial charge in [-0.25, -0.2) is 4.39 Å². The van der Waals surface area contributed by atoms with Crippen LogP contribution in [0.4, 0.5) is 23.4 Å². The van der Waals surface area contributed by atoms with Crippen molar-refractivity contribution in [2.45, 2.75) is 37.9 Å². The lowest BCUT2D eigenvalue weighted by atomic mass is 9.86. The van der Waals surface area contributed by atoms with Crippen molar-refractivity contribution in [3.05, 3.63) is 58.4 Å². The Labute approximate surface area is 186 Å². The van der Waals surface area contributed by atoms with Gasteiger partial charge in [-0.1, -0.05) is 17.7 Å². The number of hydrogen-bond acceptors (Lipinski definition) is 3. The Balaban J connectivity index is 1.31. The highest BCUT2D eigenvalue weighted by molar-refractivity contribution is 6.33. The number of H-pyrrole nitrogens is 1. The van der Waals surface area contributed by atoms with Gasteiger partial charge in [-0.15, -0.1) is 0 Å². The smallest absolute Gasteiger partial charge is 0.368 e. The van der Waals surface area contributed by atoms with E-state index in [1.165, 1.54) is 6.07 Å². The summed E-state index contributed by atoms with van der Waals surface area (Å²) in [4.78, 5) is 12.5. The molecule has 10 heteroatoms. The summed E-state index contributed by atoms with van der Waals surface area (Å²) in [5.74, 6) is -0.189. The maximum Gasteiger partial charge on any atom is 0.416 e. The Kier molecular flexibility index (Phi) is 6.28. The summed E-state index contributed by atoms with van der Waals surface area (Å²) in [5.41, 5.74) is -0.478. The number of aromatic nitrogens is 2. The SMILES string of the molecule is O=C(NC1CCC(CNc2n[nH]c3cccc(F)c23)CC1)c1cc(C(F)(F)F)ccc1Cl. The van der Waals surface area contributed by atoms with Crippen LogP contribution in [0.3, 0.4) is 0 Å². The van der Waals surface area contributed by atoms with Gasteiger partial charge in [0, 0.05) is 12.6 Å². The fourth-order valence-electron chi connectivity index (χ4n) is 4.05. The third-order valence-corrected chi connectivity index (χ3v) is 6.15. The van der Waals surface area contributed by atoms with Crippen LogP contribution in [0.25, 0.3) is 10.9 Å². The molecule has 0 saturated heterocycles. The fourth-order valence-corrected chi connectivity index (χ4v) is 4.25. The first-order valence-corrected chi connectivity index (χ1v) is 10.6. The van der Waals surface area contributed by atoms with Gasteiger partial charge < -0.3 is 10.6 Å². The van der Waals surface area contributed by atoms with Crippen molar-refractivity contribution in [3.63, 3.8) is 0 Å². The number of anilines is 1. The van der Waals surface area contributed by atoms with Crippen molar-refractivity contribution in [2.24, 2.45) is 5.92 Å².